The van der Waals surface area contributed by atoms with Gasteiger partial charge in [-0.25, -0.2) is 0 Å². The average Bonchev–Trinajstić information content (AvgIpc) is 2.49. The lowest BCUT2D eigenvalue weighted by Crippen LogP contribution is -2.20. The summed E-state index contributed by atoms with van der Waals surface area (Å²) < 4.78 is 10.4. The first kappa shape index (κ1) is 15.0. The van der Waals surface area contributed by atoms with Crippen molar-refractivity contribution in [1.29, 1.82) is 0 Å². The summed E-state index contributed by atoms with van der Waals surface area (Å²) in [6, 6.07) is 11.8. The van der Waals surface area contributed by atoms with Crippen molar-refractivity contribution in [2.24, 2.45) is 0 Å². The summed E-state index contributed by atoms with van der Waals surface area (Å²) in [5.41, 5.74) is 6.68. The molecule has 5 nitrogen and oxygen atoms in total. The van der Waals surface area contributed by atoms with E-state index in [1.807, 2.05) is 0 Å². The molecule has 21 heavy (non-hydrogen) atoms. The number of hydrogen-bond donors (Lipinski definition) is 2. The molecule has 110 valence electrons. The SMILES string of the molecule is COc1ccc(Cl)c(NC(=O)COc2ccc(N)cc2)c1. The number of amides is 1. The molecule has 0 heterocycles. The summed E-state index contributed by atoms with van der Waals surface area (Å²) in [6.45, 7) is -0.128. The summed E-state index contributed by atoms with van der Waals surface area (Å²) in [4.78, 5) is 11.8. The fourth-order valence-electron chi connectivity index (χ4n) is 1.63. The molecule has 0 spiro atoms. The third-order valence-electron chi connectivity index (χ3n) is 2.70. The second-order valence-corrected chi connectivity index (χ2v) is 4.66. The highest BCUT2D eigenvalue weighted by Crippen LogP contribution is 2.26. The molecule has 0 radical (unpaired) electrons. The number of carbonyl (C=O) groups excluding carboxylic acids is 1. The maximum atomic E-state index is 11.8. The van der Waals surface area contributed by atoms with E-state index in [0.717, 1.165) is 0 Å². The zero-order valence-electron chi connectivity index (χ0n) is 11.4. The van der Waals surface area contributed by atoms with Crippen molar-refractivity contribution < 1.29 is 14.3 Å². The second-order valence-electron chi connectivity index (χ2n) is 4.25. The van der Waals surface area contributed by atoms with E-state index >= 15 is 0 Å². The number of hydrogen-bond acceptors (Lipinski definition) is 4. The summed E-state index contributed by atoms with van der Waals surface area (Å²) in [5, 5.41) is 3.09. The monoisotopic (exact) mass is 306 g/mol. The molecule has 2 aromatic carbocycles. The molecule has 2 aromatic rings. The zero-order valence-corrected chi connectivity index (χ0v) is 12.2. The second kappa shape index (κ2) is 6.85. The Morgan fingerprint density at radius 2 is 1.86 bits per heavy atom. The molecule has 0 aliphatic rings. The van der Waals surface area contributed by atoms with E-state index in [2.05, 4.69) is 5.32 Å². The molecule has 1 amide bonds. The van der Waals surface area contributed by atoms with E-state index in [-0.39, 0.29) is 12.5 Å². The number of ether oxygens (including phenoxy) is 2. The highest BCUT2D eigenvalue weighted by atomic mass is 35.5. The van der Waals surface area contributed by atoms with Crippen LogP contribution < -0.4 is 20.5 Å². The van der Waals surface area contributed by atoms with Crippen LogP contribution in [0.2, 0.25) is 5.02 Å². The van der Waals surface area contributed by atoms with Crippen LogP contribution in [0.15, 0.2) is 42.5 Å². The van der Waals surface area contributed by atoms with Gasteiger partial charge in [-0.3, -0.25) is 4.79 Å². The Morgan fingerprint density at radius 3 is 2.52 bits per heavy atom. The van der Waals surface area contributed by atoms with Gasteiger partial charge >= 0.3 is 0 Å². The van der Waals surface area contributed by atoms with Crippen LogP contribution in [0, 0.1) is 0 Å². The maximum absolute atomic E-state index is 11.8. The van der Waals surface area contributed by atoms with Gasteiger partial charge in [0.05, 0.1) is 17.8 Å². The van der Waals surface area contributed by atoms with Gasteiger partial charge in [-0.05, 0) is 36.4 Å². The number of benzene rings is 2. The molecular formula is C15H15ClN2O3. The number of nitrogen functional groups attached to an aromatic ring is 1. The van der Waals surface area contributed by atoms with E-state index in [9.17, 15) is 4.79 Å². The first-order chi connectivity index (χ1) is 10.1. The largest absolute Gasteiger partial charge is 0.497 e. The van der Waals surface area contributed by atoms with Crippen molar-refractivity contribution in [1.82, 2.24) is 0 Å². The fourth-order valence-corrected chi connectivity index (χ4v) is 1.79. The Morgan fingerprint density at radius 1 is 1.19 bits per heavy atom. The molecule has 0 atom stereocenters. The van der Waals surface area contributed by atoms with Crippen LogP contribution in [0.1, 0.15) is 0 Å². The van der Waals surface area contributed by atoms with Crippen molar-refractivity contribution in [2.45, 2.75) is 0 Å². The van der Waals surface area contributed by atoms with E-state index in [0.29, 0.717) is 27.9 Å². The first-order valence-corrected chi connectivity index (χ1v) is 6.58. The summed E-state index contributed by atoms with van der Waals surface area (Å²) >= 11 is 6.01. The smallest absolute Gasteiger partial charge is 0.262 e. The van der Waals surface area contributed by atoms with Crippen LogP contribution in [0.5, 0.6) is 11.5 Å². The van der Waals surface area contributed by atoms with Crippen molar-refractivity contribution in [3.63, 3.8) is 0 Å². The van der Waals surface area contributed by atoms with Gasteiger partial charge < -0.3 is 20.5 Å². The van der Waals surface area contributed by atoms with Gasteiger partial charge in [0.1, 0.15) is 11.5 Å². The Balaban J connectivity index is 1.94. The summed E-state index contributed by atoms with van der Waals surface area (Å²) in [7, 11) is 1.54. The number of nitrogens with one attached hydrogen (secondary N) is 1. The van der Waals surface area contributed by atoms with Crippen molar-refractivity contribution in [3.05, 3.63) is 47.5 Å². The van der Waals surface area contributed by atoms with Crippen LogP contribution in [-0.4, -0.2) is 19.6 Å². The molecule has 6 heteroatoms. The van der Waals surface area contributed by atoms with Crippen LogP contribution in [-0.2, 0) is 4.79 Å². The molecule has 0 saturated carbocycles. The summed E-state index contributed by atoms with van der Waals surface area (Å²) in [6.07, 6.45) is 0. The molecule has 3 N–H and O–H groups in total. The van der Waals surface area contributed by atoms with E-state index in [1.165, 1.54) is 0 Å². The van der Waals surface area contributed by atoms with Gasteiger partial charge in [0.15, 0.2) is 6.61 Å². The average molecular weight is 307 g/mol. The molecule has 0 saturated heterocycles. The van der Waals surface area contributed by atoms with E-state index < -0.39 is 0 Å². The van der Waals surface area contributed by atoms with Gasteiger partial charge in [-0.1, -0.05) is 11.6 Å². The topological polar surface area (TPSA) is 73.6 Å². The Bertz CT molecular complexity index is 629. The number of halogens is 1. The van der Waals surface area contributed by atoms with E-state index in [1.54, 1.807) is 49.6 Å². The van der Waals surface area contributed by atoms with Crippen LogP contribution >= 0.6 is 11.6 Å². The number of carbonyl (C=O) groups is 1. The molecule has 0 bridgehead atoms. The number of anilines is 2. The minimum absolute atomic E-state index is 0.128. The van der Waals surface area contributed by atoms with Gasteiger partial charge in [-0.2, -0.15) is 0 Å². The predicted octanol–water partition coefficient (Wildman–Crippen LogP) is 2.95. The Labute approximate surface area is 127 Å². The molecule has 0 aliphatic heterocycles. The van der Waals surface area contributed by atoms with Gasteiger partial charge in [-0.15, -0.1) is 0 Å². The van der Waals surface area contributed by atoms with E-state index in [4.69, 9.17) is 26.8 Å². The first-order valence-electron chi connectivity index (χ1n) is 6.20. The minimum Gasteiger partial charge on any atom is -0.497 e. The standard InChI is InChI=1S/C15H15ClN2O3/c1-20-12-6-7-13(16)14(8-12)18-15(19)9-21-11-4-2-10(17)3-5-11/h2-8H,9,17H2,1H3,(H,18,19). The highest BCUT2D eigenvalue weighted by molar-refractivity contribution is 6.33. The molecular weight excluding hydrogens is 292 g/mol. The van der Waals surface area contributed by atoms with Crippen molar-refractivity contribution >= 4 is 28.9 Å². The number of rotatable bonds is 5. The lowest BCUT2D eigenvalue weighted by Gasteiger charge is -2.10. The number of methoxy groups -OCH3 is 1. The van der Waals surface area contributed by atoms with Gasteiger partial charge in [0.25, 0.3) is 5.91 Å². The van der Waals surface area contributed by atoms with Gasteiger partial charge in [0.2, 0.25) is 0 Å². The molecule has 0 aromatic heterocycles. The van der Waals surface area contributed by atoms with Crippen molar-refractivity contribution in [3.8, 4) is 11.5 Å². The highest BCUT2D eigenvalue weighted by Gasteiger charge is 2.08. The number of nitrogens with two attached hydrogens (primary N) is 1. The molecule has 0 aliphatic carbocycles. The van der Waals surface area contributed by atoms with Crippen molar-refractivity contribution in [2.75, 3.05) is 24.8 Å². The van der Waals surface area contributed by atoms with Crippen LogP contribution in [0.4, 0.5) is 11.4 Å². The lowest BCUT2D eigenvalue weighted by atomic mass is 10.3. The fraction of sp³-hybridized carbons (Fsp3) is 0.133. The summed E-state index contributed by atoms with van der Waals surface area (Å²) in [5.74, 6) is 0.854. The third kappa shape index (κ3) is 4.29. The lowest BCUT2D eigenvalue weighted by molar-refractivity contribution is -0.118. The van der Waals surface area contributed by atoms with Crippen LogP contribution in [0.25, 0.3) is 0 Å². The normalized spacial score (nSPS) is 10.0. The minimum atomic E-state index is -0.318. The quantitative estimate of drug-likeness (QED) is 0.833. The zero-order chi connectivity index (χ0) is 15.2. The third-order valence-corrected chi connectivity index (χ3v) is 3.03. The molecule has 0 fully saturated rings. The Kier molecular flexibility index (Phi) is 4.90. The predicted molar refractivity (Wildman–Crippen MR) is 83.0 cm³/mol. The molecule has 2 rings (SSSR count). The maximum Gasteiger partial charge on any atom is 0.262 e. The molecule has 0 unspecified atom stereocenters. The van der Waals surface area contributed by atoms with Crippen LogP contribution in [0.3, 0.4) is 0 Å². The Hall–Kier alpha value is -2.40. The van der Waals surface area contributed by atoms with Gasteiger partial charge in [0, 0.05) is 11.8 Å².